The van der Waals surface area contributed by atoms with Crippen molar-refractivity contribution in [1.82, 2.24) is 19.9 Å². The van der Waals surface area contributed by atoms with Gasteiger partial charge in [0.25, 0.3) is 11.5 Å². The second kappa shape index (κ2) is 6.42. The molecule has 132 valence electrons. The molecule has 6 nitrogen and oxygen atoms in total. The number of carbonyl (C=O) groups is 1. The van der Waals surface area contributed by atoms with Crippen LogP contribution in [0, 0.1) is 6.92 Å². The van der Waals surface area contributed by atoms with Gasteiger partial charge in [0.15, 0.2) is 0 Å². The summed E-state index contributed by atoms with van der Waals surface area (Å²) in [6, 6.07) is 8.10. The lowest BCUT2D eigenvalue weighted by Crippen LogP contribution is -2.25. The van der Waals surface area contributed by atoms with E-state index in [0.29, 0.717) is 27.2 Å². The van der Waals surface area contributed by atoms with Gasteiger partial charge in [-0.3, -0.25) is 9.59 Å². The van der Waals surface area contributed by atoms with Gasteiger partial charge in [0.2, 0.25) is 0 Å². The first kappa shape index (κ1) is 16.5. The average molecular weight is 366 g/mol. The molecule has 2 N–H and O–H groups in total. The summed E-state index contributed by atoms with van der Waals surface area (Å²) in [6.45, 7) is 2.33. The Bertz CT molecular complexity index is 1190. The molecule has 0 radical (unpaired) electrons. The summed E-state index contributed by atoms with van der Waals surface area (Å²) in [5.41, 5.74) is 2.84. The first-order chi connectivity index (χ1) is 12.6. The Balaban J connectivity index is 1.52. The number of amides is 1. The van der Waals surface area contributed by atoms with Crippen molar-refractivity contribution in [3.8, 4) is 0 Å². The molecule has 1 amide bonds. The van der Waals surface area contributed by atoms with Crippen LogP contribution in [-0.4, -0.2) is 27.0 Å². The summed E-state index contributed by atoms with van der Waals surface area (Å²) in [7, 11) is 1.66. The fourth-order valence-corrected chi connectivity index (χ4v) is 4.21. The predicted octanol–water partition coefficient (Wildman–Crippen LogP) is 2.76. The summed E-state index contributed by atoms with van der Waals surface area (Å²) in [5, 5.41) is 4.66. The first-order valence-corrected chi connectivity index (χ1v) is 9.16. The number of fused-ring (bicyclic) bond motifs is 2. The highest BCUT2D eigenvalue weighted by molar-refractivity contribution is 7.20. The Morgan fingerprint density at radius 2 is 2.15 bits per heavy atom. The zero-order valence-corrected chi connectivity index (χ0v) is 15.3. The van der Waals surface area contributed by atoms with Crippen LogP contribution in [0.25, 0.3) is 21.1 Å². The number of nitrogens with zero attached hydrogens (tertiary/aromatic N) is 2. The third-order valence-electron chi connectivity index (χ3n) is 4.57. The van der Waals surface area contributed by atoms with Crippen LogP contribution in [0.4, 0.5) is 0 Å². The molecule has 0 atom stereocenters. The molecule has 0 spiro atoms. The van der Waals surface area contributed by atoms with E-state index in [4.69, 9.17) is 0 Å². The van der Waals surface area contributed by atoms with Gasteiger partial charge in [-0.1, -0.05) is 18.2 Å². The number of aryl methyl sites for hydroxylation is 2. The van der Waals surface area contributed by atoms with Crippen molar-refractivity contribution >= 4 is 38.4 Å². The van der Waals surface area contributed by atoms with E-state index in [0.717, 1.165) is 11.9 Å². The number of aromatic amines is 1. The van der Waals surface area contributed by atoms with Gasteiger partial charge in [-0.15, -0.1) is 11.3 Å². The molecule has 1 aromatic carbocycles. The van der Waals surface area contributed by atoms with Gasteiger partial charge in [0.1, 0.15) is 4.83 Å². The van der Waals surface area contributed by atoms with E-state index in [9.17, 15) is 9.59 Å². The molecule has 0 fully saturated rings. The fraction of sp³-hybridized carbons (Fsp3) is 0.211. The molecule has 0 saturated carbocycles. The maximum absolute atomic E-state index is 12.6. The lowest BCUT2D eigenvalue weighted by atomic mass is 10.1. The van der Waals surface area contributed by atoms with Crippen molar-refractivity contribution in [2.45, 2.75) is 13.3 Å². The minimum atomic E-state index is -0.160. The lowest BCUT2D eigenvalue weighted by Gasteiger charge is -2.04. The number of hydrogen-bond donors (Lipinski definition) is 2. The van der Waals surface area contributed by atoms with Crippen molar-refractivity contribution in [3.63, 3.8) is 0 Å². The molecule has 0 bridgehead atoms. The van der Waals surface area contributed by atoms with Gasteiger partial charge >= 0.3 is 0 Å². The van der Waals surface area contributed by atoms with Gasteiger partial charge in [-0.25, -0.2) is 4.98 Å². The predicted molar refractivity (Wildman–Crippen MR) is 104 cm³/mol. The quantitative estimate of drug-likeness (QED) is 0.583. The average Bonchev–Trinajstić information content (AvgIpc) is 3.20. The normalized spacial score (nSPS) is 11.3. The summed E-state index contributed by atoms with van der Waals surface area (Å²) in [5.74, 6) is -0.160. The number of aromatic nitrogens is 3. The molecule has 0 saturated heterocycles. The summed E-state index contributed by atoms with van der Waals surface area (Å²) < 4.78 is 1.43. The highest BCUT2D eigenvalue weighted by Gasteiger charge is 2.18. The molecule has 7 heteroatoms. The monoisotopic (exact) mass is 366 g/mol. The lowest BCUT2D eigenvalue weighted by molar-refractivity contribution is 0.0957. The smallest absolute Gasteiger partial charge is 0.262 e. The van der Waals surface area contributed by atoms with Gasteiger partial charge in [-0.2, -0.15) is 0 Å². The van der Waals surface area contributed by atoms with Crippen LogP contribution in [0.2, 0.25) is 0 Å². The molecule has 3 aromatic heterocycles. The molecular formula is C19H18N4O2S. The zero-order valence-electron chi connectivity index (χ0n) is 14.5. The molecule has 0 aliphatic heterocycles. The number of benzene rings is 1. The number of hydrogen-bond acceptors (Lipinski definition) is 4. The fourth-order valence-electron chi connectivity index (χ4n) is 3.15. The van der Waals surface area contributed by atoms with Crippen LogP contribution in [0.5, 0.6) is 0 Å². The van der Waals surface area contributed by atoms with Gasteiger partial charge in [0.05, 0.1) is 16.6 Å². The third-order valence-corrected chi connectivity index (χ3v) is 5.77. The molecular weight excluding hydrogens is 348 g/mol. The van der Waals surface area contributed by atoms with Crippen molar-refractivity contribution in [3.05, 3.63) is 63.1 Å². The highest BCUT2D eigenvalue weighted by Crippen LogP contribution is 2.26. The summed E-state index contributed by atoms with van der Waals surface area (Å²) >= 11 is 1.26. The number of H-pyrrole nitrogens is 1. The molecule has 4 rings (SSSR count). The Labute approximate surface area is 153 Å². The number of rotatable bonds is 4. The van der Waals surface area contributed by atoms with E-state index in [2.05, 4.69) is 21.4 Å². The summed E-state index contributed by atoms with van der Waals surface area (Å²) in [4.78, 5) is 33.5. The van der Waals surface area contributed by atoms with Crippen LogP contribution in [0.15, 0.2) is 41.6 Å². The minimum Gasteiger partial charge on any atom is -0.361 e. The van der Waals surface area contributed by atoms with E-state index in [1.807, 2.05) is 24.4 Å². The molecule has 0 aliphatic carbocycles. The second-order valence-corrected chi connectivity index (χ2v) is 7.26. The van der Waals surface area contributed by atoms with E-state index in [1.54, 1.807) is 14.0 Å². The topological polar surface area (TPSA) is 79.8 Å². The van der Waals surface area contributed by atoms with E-state index < -0.39 is 0 Å². The van der Waals surface area contributed by atoms with Gasteiger partial charge < -0.3 is 14.9 Å². The summed E-state index contributed by atoms with van der Waals surface area (Å²) in [6.07, 6.45) is 4.20. The van der Waals surface area contributed by atoms with Crippen molar-refractivity contribution in [2.75, 3.05) is 6.54 Å². The van der Waals surface area contributed by atoms with Crippen LogP contribution in [-0.2, 0) is 13.5 Å². The zero-order chi connectivity index (χ0) is 18.3. The Morgan fingerprint density at radius 1 is 1.35 bits per heavy atom. The highest BCUT2D eigenvalue weighted by atomic mass is 32.1. The second-order valence-electron chi connectivity index (χ2n) is 6.26. The van der Waals surface area contributed by atoms with Crippen molar-refractivity contribution in [2.24, 2.45) is 7.05 Å². The first-order valence-electron chi connectivity index (χ1n) is 8.34. The van der Waals surface area contributed by atoms with Gasteiger partial charge in [0, 0.05) is 30.7 Å². The number of carbonyl (C=O) groups excluding carboxylic acids is 1. The molecule has 0 unspecified atom stereocenters. The molecule has 4 aromatic rings. The van der Waals surface area contributed by atoms with Crippen molar-refractivity contribution in [1.29, 1.82) is 0 Å². The molecule has 0 aliphatic rings. The van der Waals surface area contributed by atoms with E-state index in [1.165, 1.54) is 33.2 Å². The Hall–Kier alpha value is -2.93. The number of para-hydroxylation sites is 1. The maximum Gasteiger partial charge on any atom is 0.262 e. The molecule has 26 heavy (non-hydrogen) atoms. The Morgan fingerprint density at radius 3 is 3.00 bits per heavy atom. The van der Waals surface area contributed by atoms with Crippen LogP contribution in [0.3, 0.4) is 0 Å². The van der Waals surface area contributed by atoms with E-state index >= 15 is 0 Å². The number of nitrogens with one attached hydrogen (secondary N) is 2. The van der Waals surface area contributed by atoms with Crippen LogP contribution >= 0.6 is 11.3 Å². The largest absolute Gasteiger partial charge is 0.361 e. The van der Waals surface area contributed by atoms with Crippen LogP contribution in [0.1, 0.15) is 20.8 Å². The van der Waals surface area contributed by atoms with Crippen molar-refractivity contribution < 1.29 is 4.79 Å². The van der Waals surface area contributed by atoms with Gasteiger partial charge in [-0.05, 0) is 30.5 Å². The third kappa shape index (κ3) is 2.70. The number of thiophene rings is 1. The minimum absolute atomic E-state index is 0.124. The van der Waals surface area contributed by atoms with Crippen LogP contribution < -0.4 is 10.9 Å². The standard InChI is InChI=1S/C19H18N4O2S/c1-11-15-18(22-10-23(2)19(15)25)26-16(11)17(24)20-8-7-12-9-21-14-6-4-3-5-13(12)14/h3-6,9-10,21H,7-8H2,1-2H3,(H,20,24). The molecule has 3 heterocycles. The Kier molecular flexibility index (Phi) is 4.08. The SMILES string of the molecule is Cc1c(C(=O)NCCc2c[nH]c3ccccc23)sc2ncn(C)c(=O)c12. The maximum atomic E-state index is 12.6. The van der Waals surface area contributed by atoms with E-state index in [-0.39, 0.29) is 11.5 Å².